The molecule has 3 aromatic rings. The van der Waals surface area contributed by atoms with Crippen LogP contribution in [0.1, 0.15) is 38.9 Å². The molecule has 0 aliphatic carbocycles. The number of phenolic OH excluding ortho intramolecular Hbond substituents is 3. The van der Waals surface area contributed by atoms with Gasteiger partial charge in [-0.15, -0.1) is 0 Å². The number of halogens is 3. The van der Waals surface area contributed by atoms with Gasteiger partial charge in [0.05, 0.1) is 0 Å². The van der Waals surface area contributed by atoms with E-state index in [1.54, 1.807) is 27.7 Å². The lowest BCUT2D eigenvalue weighted by atomic mass is 9.67. The lowest BCUT2D eigenvalue weighted by molar-refractivity contribution is -0.166. The van der Waals surface area contributed by atoms with Crippen molar-refractivity contribution in [1.29, 1.82) is 0 Å². The van der Waals surface area contributed by atoms with Gasteiger partial charge in [0.2, 0.25) is 0 Å². The molecule has 0 heterocycles. The smallest absolute Gasteiger partial charge is 0.406 e. The normalized spacial score (nSPS) is 12.2. The molecule has 0 spiro atoms. The third-order valence-corrected chi connectivity index (χ3v) is 5.55. The van der Waals surface area contributed by atoms with Gasteiger partial charge in [-0.25, -0.2) is 0 Å². The van der Waals surface area contributed by atoms with E-state index in [9.17, 15) is 15.3 Å². The van der Waals surface area contributed by atoms with Crippen molar-refractivity contribution in [3.8, 4) is 17.2 Å². The largest absolute Gasteiger partial charge is 0.508 e. The van der Waals surface area contributed by atoms with Gasteiger partial charge in [0, 0.05) is 0 Å². The van der Waals surface area contributed by atoms with Crippen molar-refractivity contribution in [2.45, 2.75) is 39.3 Å². The Labute approximate surface area is 173 Å². The first-order valence-corrected chi connectivity index (χ1v) is 9.37. The van der Waals surface area contributed by atoms with Crippen molar-refractivity contribution < 1.29 is 28.5 Å². The average Bonchev–Trinajstić information content (AvgIpc) is 2.63. The molecule has 158 valence electrons. The molecular formula is C24H23F3O3. The minimum absolute atomic E-state index is 0.0659. The van der Waals surface area contributed by atoms with Crippen LogP contribution in [0.5, 0.6) is 17.2 Å². The first-order chi connectivity index (χ1) is 13.9. The summed E-state index contributed by atoms with van der Waals surface area (Å²) in [5.41, 5.74) is -1.72. The topological polar surface area (TPSA) is 60.7 Å². The third-order valence-electron chi connectivity index (χ3n) is 5.55. The fourth-order valence-electron chi connectivity index (χ4n) is 4.07. The zero-order valence-corrected chi connectivity index (χ0v) is 17.1. The third kappa shape index (κ3) is 3.26. The number of hydrogen-bond acceptors (Lipinski definition) is 3. The maximum Gasteiger partial charge on any atom is 0.406 e. The summed E-state index contributed by atoms with van der Waals surface area (Å²) < 4.78 is 45.3. The van der Waals surface area contributed by atoms with Gasteiger partial charge in [-0.2, -0.15) is 13.2 Å². The molecule has 0 atom stereocenters. The van der Waals surface area contributed by atoms with Crippen LogP contribution in [-0.2, 0) is 5.41 Å². The van der Waals surface area contributed by atoms with E-state index in [0.29, 0.717) is 22.3 Å². The van der Waals surface area contributed by atoms with Gasteiger partial charge in [-0.05, 0) is 78.8 Å². The summed E-state index contributed by atoms with van der Waals surface area (Å²) in [5, 5.41) is 30.3. The Bertz CT molecular complexity index is 1010. The number of aryl methyl sites for hydroxylation is 4. The SMILES string of the molecule is Cc1cc(C(c2cccc(O)c2)(c2cc(C)c(O)c(C)c2)C(F)(F)F)cc(C)c1O. The van der Waals surface area contributed by atoms with Crippen molar-refractivity contribution in [3.05, 3.63) is 87.5 Å². The summed E-state index contributed by atoms with van der Waals surface area (Å²) in [5.74, 6) is -0.423. The van der Waals surface area contributed by atoms with Crippen molar-refractivity contribution in [1.82, 2.24) is 0 Å². The van der Waals surface area contributed by atoms with Crippen LogP contribution in [0.4, 0.5) is 13.2 Å². The van der Waals surface area contributed by atoms with E-state index in [1.165, 1.54) is 42.5 Å². The Kier molecular flexibility index (Phi) is 5.23. The van der Waals surface area contributed by atoms with Crippen LogP contribution in [0, 0.1) is 27.7 Å². The number of phenols is 3. The second-order valence-electron chi connectivity index (χ2n) is 7.72. The van der Waals surface area contributed by atoms with Gasteiger partial charge in [-0.1, -0.05) is 36.4 Å². The van der Waals surface area contributed by atoms with Gasteiger partial charge >= 0.3 is 6.18 Å². The standard InChI is InChI=1S/C24H23F3O3/c1-13-8-18(9-14(2)21(13)29)23(24(25,26)27,17-6-5-7-20(28)12-17)19-10-15(3)22(30)16(4)11-19/h5-12,28-30H,1-4H3. The Hall–Kier alpha value is -3.15. The van der Waals surface area contributed by atoms with Crippen LogP contribution in [0.25, 0.3) is 0 Å². The van der Waals surface area contributed by atoms with E-state index in [4.69, 9.17) is 0 Å². The van der Waals surface area contributed by atoms with Crippen LogP contribution in [0.2, 0.25) is 0 Å². The first-order valence-electron chi connectivity index (χ1n) is 9.37. The van der Waals surface area contributed by atoms with Crippen LogP contribution in [0.3, 0.4) is 0 Å². The highest BCUT2D eigenvalue weighted by atomic mass is 19.4. The highest BCUT2D eigenvalue weighted by Crippen LogP contribution is 2.53. The molecule has 3 N–H and O–H groups in total. The maximum atomic E-state index is 15.1. The number of rotatable bonds is 3. The predicted molar refractivity (Wildman–Crippen MR) is 109 cm³/mol. The van der Waals surface area contributed by atoms with E-state index in [2.05, 4.69) is 0 Å². The molecule has 30 heavy (non-hydrogen) atoms. The zero-order chi connectivity index (χ0) is 22.4. The molecule has 0 amide bonds. The van der Waals surface area contributed by atoms with E-state index in [0.717, 1.165) is 6.07 Å². The Morgan fingerprint density at radius 1 is 0.600 bits per heavy atom. The molecule has 0 saturated heterocycles. The number of benzene rings is 3. The quantitative estimate of drug-likeness (QED) is 0.464. The summed E-state index contributed by atoms with van der Waals surface area (Å²) in [6, 6.07) is 10.4. The second-order valence-corrected chi connectivity index (χ2v) is 7.72. The molecule has 0 saturated carbocycles. The summed E-state index contributed by atoms with van der Waals surface area (Å²) in [6.07, 6.45) is -4.80. The number of aromatic hydroxyl groups is 3. The van der Waals surface area contributed by atoms with Crippen LogP contribution in [-0.4, -0.2) is 21.5 Å². The molecule has 3 aromatic carbocycles. The molecule has 3 nitrogen and oxygen atoms in total. The van der Waals surface area contributed by atoms with Crippen molar-refractivity contribution in [2.24, 2.45) is 0 Å². The van der Waals surface area contributed by atoms with Crippen molar-refractivity contribution >= 4 is 0 Å². The molecule has 0 bridgehead atoms. The molecule has 0 radical (unpaired) electrons. The second kappa shape index (κ2) is 7.27. The average molecular weight is 416 g/mol. The summed E-state index contributed by atoms with van der Waals surface area (Å²) in [4.78, 5) is 0. The Morgan fingerprint density at radius 2 is 1.00 bits per heavy atom. The molecule has 0 aliphatic heterocycles. The minimum Gasteiger partial charge on any atom is -0.508 e. The number of alkyl halides is 3. The van der Waals surface area contributed by atoms with Gasteiger partial charge in [-0.3, -0.25) is 0 Å². The fraction of sp³-hybridized carbons (Fsp3) is 0.250. The first kappa shape index (κ1) is 21.6. The van der Waals surface area contributed by atoms with Crippen LogP contribution < -0.4 is 0 Å². The van der Waals surface area contributed by atoms with Gasteiger partial charge in [0.1, 0.15) is 22.7 Å². The molecule has 0 aromatic heterocycles. The van der Waals surface area contributed by atoms with Crippen molar-refractivity contribution in [3.63, 3.8) is 0 Å². The van der Waals surface area contributed by atoms with Gasteiger partial charge in [0.25, 0.3) is 0 Å². The van der Waals surface area contributed by atoms with E-state index in [-0.39, 0.29) is 33.9 Å². The molecule has 3 rings (SSSR count). The van der Waals surface area contributed by atoms with Gasteiger partial charge < -0.3 is 15.3 Å². The molecular weight excluding hydrogens is 393 g/mol. The lowest BCUT2D eigenvalue weighted by Crippen LogP contribution is -2.44. The Morgan fingerprint density at radius 3 is 1.33 bits per heavy atom. The van der Waals surface area contributed by atoms with E-state index >= 15 is 13.2 Å². The molecule has 0 unspecified atom stereocenters. The molecule has 0 aliphatic rings. The van der Waals surface area contributed by atoms with Crippen LogP contribution in [0.15, 0.2) is 48.5 Å². The Balaban J connectivity index is 2.56. The summed E-state index contributed by atoms with van der Waals surface area (Å²) in [6.45, 7) is 6.18. The molecule has 0 fully saturated rings. The maximum absolute atomic E-state index is 15.1. The van der Waals surface area contributed by atoms with E-state index in [1.807, 2.05) is 0 Å². The van der Waals surface area contributed by atoms with Crippen molar-refractivity contribution in [2.75, 3.05) is 0 Å². The minimum atomic E-state index is -4.80. The lowest BCUT2D eigenvalue weighted by Gasteiger charge is -2.38. The highest BCUT2D eigenvalue weighted by Gasteiger charge is 2.58. The monoisotopic (exact) mass is 416 g/mol. The highest BCUT2D eigenvalue weighted by molar-refractivity contribution is 5.59. The van der Waals surface area contributed by atoms with E-state index < -0.39 is 11.6 Å². The predicted octanol–water partition coefficient (Wildman–Crippen LogP) is 5.93. The summed E-state index contributed by atoms with van der Waals surface area (Å²) in [7, 11) is 0. The van der Waals surface area contributed by atoms with Crippen LogP contribution >= 0.6 is 0 Å². The number of hydrogen-bond donors (Lipinski definition) is 3. The summed E-state index contributed by atoms with van der Waals surface area (Å²) >= 11 is 0. The zero-order valence-electron chi connectivity index (χ0n) is 17.1. The van der Waals surface area contributed by atoms with Gasteiger partial charge in [0.15, 0.2) is 0 Å². The fourth-order valence-corrected chi connectivity index (χ4v) is 4.07. The molecule has 6 heteroatoms.